The molecule has 0 aromatic rings. The average molecular weight is 259 g/mol. The van der Waals surface area contributed by atoms with E-state index >= 15 is 0 Å². The Labute approximate surface area is 107 Å². The van der Waals surface area contributed by atoms with Gasteiger partial charge in [-0.05, 0) is 50.9 Å². The molecule has 0 N–H and O–H groups in total. The molecule has 0 bridgehead atoms. The van der Waals surface area contributed by atoms with Crippen molar-refractivity contribution in [1.82, 2.24) is 4.90 Å². The Morgan fingerprint density at radius 3 is 2.29 bits per heavy atom. The second-order valence-electron chi connectivity index (χ2n) is 6.46. The highest BCUT2D eigenvalue weighted by molar-refractivity contribution is 8.32. The highest BCUT2D eigenvalue weighted by Crippen LogP contribution is 2.35. The van der Waals surface area contributed by atoms with E-state index in [1.54, 1.807) is 4.90 Å². The average Bonchev–Trinajstić information content (AvgIpc) is 1.94. The molecule has 1 saturated heterocycles. The van der Waals surface area contributed by atoms with Gasteiger partial charge in [-0.15, -0.1) is 0 Å². The summed E-state index contributed by atoms with van der Waals surface area (Å²) in [4.78, 5) is 13.4. The number of hydrogen-bond acceptors (Lipinski definition) is 2. The molecule has 3 nitrogen and oxygen atoms in total. The summed E-state index contributed by atoms with van der Waals surface area (Å²) in [5.41, 5.74) is 0.963. The minimum Gasteiger partial charge on any atom is -0.444 e. The first kappa shape index (κ1) is 14.4. The van der Waals surface area contributed by atoms with E-state index in [2.05, 4.69) is 24.8 Å². The first-order valence-corrected chi connectivity index (χ1v) is 8.91. The van der Waals surface area contributed by atoms with Gasteiger partial charge in [0, 0.05) is 13.1 Å². The zero-order valence-corrected chi connectivity index (χ0v) is 12.7. The Balaban J connectivity index is 2.34. The summed E-state index contributed by atoms with van der Waals surface area (Å²) in [5, 5.41) is 0. The second kappa shape index (κ2) is 4.92. The van der Waals surface area contributed by atoms with Gasteiger partial charge in [-0.25, -0.2) is 14.8 Å². The van der Waals surface area contributed by atoms with Gasteiger partial charge in [0.1, 0.15) is 5.60 Å². The van der Waals surface area contributed by atoms with Gasteiger partial charge in [0.05, 0.1) is 0 Å². The van der Waals surface area contributed by atoms with Crippen LogP contribution in [0.25, 0.3) is 0 Å². The van der Waals surface area contributed by atoms with Crippen LogP contribution in [0.15, 0.2) is 11.6 Å². The molecule has 1 amide bonds. The Bertz CT molecular complexity index is 315. The first-order chi connectivity index (χ1) is 7.57. The summed E-state index contributed by atoms with van der Waals surface area (Å²) >= 11 is 0. The number of hydrogen-bond donors (Lipinski definition) is 0. The lowest BCUT2D eigenvalue weighted by molar-refractivity contribution is 0.0214. The summed E-state index contributed by atoms with van der Waals surface area (Å²) in [5.74, 6) is 1.14. The maximum Gasteiger partial charge on any atom is 0.410 e. The number of likely N-dealkylation sites (tertiary alicyclic amines) is 1. The van der Waals surface area contributed by atoms with E-state index in [-0.39, 0.29) is 6.09 Å². The molecule has 0 aliphatic carbocycles. The van der Waals surface area contributed by atoms with Crippen molar-refractivity contribution in [2.75, 3.05) is 37.6 Å². The van der Waals surface area contributed by atoms with Gasteiger partial charge in [-0.2, -0.15) is 0 Å². The summed E-state index contributed by atoms with van der Waals surface area (Å²) in [6, 6.07) is 0. The van der Waals surface area contributed by atoms with Crippen LogP contribution in [-0.4, -0.2) is 54.2 Å². The van der Waals surface area contributed by atoms with E-state index in [1.165, 1.54) is 5.57 Å². The fourth-order valence-electron chi connectivity index (χ4n) is 1.40. The Morgan fingerprint density at radius 2 is 1.88 bits per heavy atom. The fraction of sp³-hybridized carbons (Fsp3) is 0.769. The van der Waals surface area contributed by atoms with Crippen molar-refractivity contribution in [3.63, 3.8) is 0 Å². The lowest BCUT2D eigenvalue weighted by Crippen LogP contribution is -2.46. The first-order valence-electron chi connectivity index (χ1n) is 5.89. The Kier molecular flexibility index (Phi) is 4.18. The van der Waals surface area contributed by atoms with Gasteiger partial charge < -0.3 is 9.64 Å². The van der Waals surface area contributed by atoms with Crippen LogP contribution < -0.4 is 0 Å². The molecule has 1 rings (SSSR count). The molecule has 0 aromatic carbocycles. The van der Waals surface area contributed by atoms with E-state index in [0.29, 0.717) is 0 Å². The number of rotatable bonds is 2. The predicted octanol–water partition coefficient (Wildman–Crippen LogP) is 2.86. The van der Waals surface area contributed by atoms with Gasteiger partial charge in [0.15, 0.2) is 0 Å². The van der Waals surface area contributed by atoms with Crippen LogP contribution in [0.2, 0.25) is 0 Å². The maximum absolute atomic E-state index is 11.7. The Morgan fingerprint density at radius 1 is 1.35 bits per heavy atom. The number of nitrogens with zero attached hydrogens (tertiary/aromatic N) is 1. The molecular formula is C13H25NO2S. The molecule has 0 saturated carbocycles. The molecule has 17 heavy (non-hydrogen) atoms. The molecule has 0 radical (unpaired) electrons. The van der Waals surface area contributed by atoms with E-state index in [9.17, 15) is 4.79 Å². The van der Waals surface area contributed by atoms with Crippen LogP contribution in [0.1, 0.15) is 20.8 Å². The van der Waals surface area contributed by atoms with Gasteiger partial charge in [0.25, 0.3) is 0 Å². The number of carbonyl (C=O) groups is 1. The van der Waals surface area contributed by atoms with Gasteiger partial charge in [-0.3, -0.25) is 0 Å². The molecule has 0 spiro atoms. The fourth-order valence-corrected chi connectivity index (χ4v) is 2.13. The van der Waals surface area contributed by atoms with Crippen molar-refractivity contribution in [3.8, 4) is 0 Å². The van der Waals surface area contributed by atoms with Crippen LogP contribution in [0, 0.1) is 0 Å². The largest absolute Gasteiger partial charge is 0.444 e. The number of carbonyl (C=O) groups excluding carboxylic acids is 1. The monoisotopic (exact) mass is 259 g/mol. The number of ether oxygens (including phenoxy) is 1. The molecule has 0 aromatic heterocycles. The van der Waals surface area contributed by atoms with Gasteiger partial charge >= 0.3 is 6.09 Å². The third kappa shape index (κ3) is 5.48. The van der Waals surface area contributed by atoms with E-state index in [1.807, 2.05) is 20.8 Å². The summed E-state index contributed by atoms with van der Waals surface area (Å²) in [6.07, 6.45) is 8.99. The predicted molar refractivity (Wildman–Crippen MR) is 76.1 cm³/mol. The summed E-state index contributed by atoms with van der Waals surface area (Å²) in [6.45, 7) is 7.16. The van der Waals surface area contributed by atoms with Crippen LogP contribution in [0.3, 0.4) is 0 Å². The molecule has 1 fully saturated rings. The topological polar surface area (TPSA) is 29.5 Å². The van der Waals surface area contributed by atoms with E-state index in [0.717, 1.165) is 18.8 Å². The van der Waals surface area contributed by atoms with Crippen molar-refractivity contribution in [2.45, 2.75) is 26.4 Å². The van der Waals surface area contributed by atoms with Crippen LogP contribution in [0.4, 0.5) is 4.79 Å². The summed E-state index contributed by atoms with van der Waals surface area (Å²) < 4.78 is 5.30. The van der Waals surface area contributed by atoms with Crippen molar-refractivity contribution < 1.29 is 9.53 Å². The third-order valence-corrected chi connectivity index (χ3v) is 3.48. The highest BCUT2D eigenvalue weighted by atomic mass is 32.3. The lowest BCUT2D eigenvalue weighted by Gasteiger charge is -2.36. The number of amides is 1. The van der Waals surface area contributed by atoms with Crippen LogP contribution in [-0.2, 0) is 4.74 Å². The van der Waals surface area contributed by atoms with Crippen molar-refractivity contribution in [3.05, 3.63) is 11.6 Å². The molecular weight excluding hydrogens is 234 g/mol. The summed E-state index contributed by atoms with van der Waals surface area (Å²) in [7, 11) is -0.473. The zero-order chi connectivity index (χ0) is 13.3. The van der Waals surface area contributed by atoms with Crippen molar-refractivity contribution >= 4 is 16.1 Å². The SMILES string of the molecule is CC(C)(C)OC(=O)N1CC(=CCS(C)(C)C)C1. The molecule has 4 heteroatoms. The normalized spacial score (nSPS) is 17.5. The van der Waals surface area contributed by atoms with Crippen LogP contribution in [0.5, 0.6) is 0 Å². The molecule has 0 unspecified atom stereocenters. The van der Waals surface area contributed by atoms with Crippen molar-refractivity contribution in [1.29, 1.82) is 0 Å². The Hall–Kier alpha value is -0.640. The third-order valence-electron chi connectivity index (χ3n) is 2.31. The van der Waals surface area contributed by atoms with Gasteiger partial charge in [-0.1, -0.05) is 6.08 Å². The smallest absolute Gasteiger partial charge is 0.410 e. The zero-order valence-electron chi connectivity index (χ0n) is 11.9. The van der Waals surface area contributed by atoms with Crippen molar-refractivity contribution in [2.24, 2.45) is 0 Å². The minimum absolute atomic E-state index is 0.197. The highest BCUT2D eigenvalue weighted by Gasteiger charge is 2.29. The molecule has 1 aliphatic heterocycles. The van der Waals surface area contributed by atoms with E-state index < -0.39 is 15.6 Å². The van der Waals surface area contributed by atoms with E-state index in [4.69, 9.17) is 4.74 Å². The van der Waals surface area contributed by atoms with Gasteiger partial charge in [0.2, 0.25) is 0 Å². The standard InChI is InChI=1S/C13H25NO2S/c1-13(2,3)16-12(15)14-9-11(10-14)7-8-17(4,5)6/h7H,8-10H2,1-6H3. The maximum atomic E-state index is 11.7. The molecule has 1 aliphatic rings. The minimum atomic E-state index is -0.473. The second-order valence-corrected chi connectivity index (χ2v) is 11.0. The quantitative estimate of drug-likeness (QED) is 0.714. The molecule has 1 heterocycles. The molecule has 0 atom stereocenters. The van der Waals surface area contributed by atoms with Crippen LogP contribution >= 0.6 is 10.0 Å². The lowest BCUT2D eigenvalue weighted by atomic mass is 10.1. The molecule has 100 valence electrons.